The molecule has 0 aliphatic carbocycles. The number of ether oxygens (including phenoxy) is 4. The highest BCUT2D eigenvalue weighted by Crippen LogP contribution is 2.32. The Bertz CT molecular complexity index is 1310. The van der Waals surface area contributed by atoms with Crippen molar-refractivity contribution in [2.24, 2.45) is 0 Å². The van der Waals surface area contributed by atoms with E-state index >= 15 is 0 Å². The molecule has 0 saturated heterocycles. The van der Waals surface area contributed by atoms with Crippen LogP contribution in [0, 0.1) is 0 Å². The van der Waals surface area contributed by atoms with Crippen molar-refractivity contribution in [3.63, 3.8) is 0 Å². The van der Waals surface area contributed by atoms with E-state index in [2.05, 4.69) is 10.3 Å². The molecule has 10 nitrogen and oxygen atoms in total. The Morgan fingerprint density at radius 3 is 2.59 bits per heavy atom. The Hall–Kier alpha value is -3.95. The fourth-order valence-corrected chi connectivity index (χ4v) is 3.85. The number of H-pyrrole nitrogens is 1. The van der Waals surface area contributed by atoms with Crippen LogP contribution in [0.15, 0.2) is 39.9 Å². The summed E-state index contributed by atoms with van der Waals surface area (Å²) in [7, 11) is 2.97. The summed E-state index contributed by atoms with van der Waals surface area (Å²) < 4.78 is 22.3. The first-order chi connectivity index (χ1) is 16.5. The second kappa shape index (κ2) is 10.3. The van der Waals surface area contributed by atoms with Gasteiger partial charge in [0.25, 0.3) is 5.56 Å². The van der Waals surface area contributed by atoms with E-state index in [1.165, 1.54) is 18.8 Å². The van der Waals surface area contributed by atoms with E-state index in [0.717, 1.165) is 5.56 Å². The maximum atomic E-state index is 12.8. The monoisotopic (exact) mass is 469 g/mol. The first-order valence-electron chi connectivity index (χ1n) is 11.0. The number of unbranched alkanes of at least 4 members (excludes halogenated alkanes) is 2. The van der Waals surface area contributed by atoms with Crippen LogP contribution in [0.5, 0.6) is 23.0 Å². The smallest absolute Gasteiger partial charge is 0.328 e. The number of benzene rings is 2. The van der Waals surface area contributed by atoms with Crippen molar-refractivity contribution in [3.8, 4) is 23.0 Å². The molecule has 0 atom stereocenters. The van der Waals surface area contributed by atoms with Crippen molar-refractivity contribution in [1.29, 1.82) is 0 Å². The van der Waals surface area contributed by atoms with E-state index in [1.807, 2.05) is 18.2 Å². The second-order valence-corrected chi connectivity index (χ2v) is 7.91. The number of hydrogen-bond acceptors (Lipinski definition) is 7. The van der Waals surface area contributed by atoms with Crippen LogP contribution in [0.3, 0.4) is 0 Å². The van der Waals surface area contributed by atoms with E-state index in [-0.39, 0.29) is 24.8 Å². The summed E-state index contributed by atoms with van der Waals surface area (Å²) in [6.45, 7) is 0.883. The average molecular weight is 469 g/mol. The molecular weight excluding hydrogens is 442 g/mol. The van der Waals surface area contributed by atoms with Crippen LogP contribution < -0.4 is 35.5 Å². The molecule has 34 heavy (non-hydrogen) atoms. The predicted molar refractivity (Wildman–Crippen MR) is 125 cm³/mol. The Morgan fingerprint density at radius 2 is 1.79 bits per heavy atom. The second-order valence-electron chi connectivity index (χ2n) is 7.91. The third kappa shape index (κ3) is 5.00. The molecule has 0 unspecified atom stereocenters. The number of rotatable bonds is 10. The Labute approximate surface area is 195 Å². The number of nitrogens with one attached hydrogen (secondary N) is 2. The molecule has 2 N–H and O–H groups in total. The normalized spacial score (nSPS) is 12.1. The number of methoxy groups -OCH3 is 2. The molecule has 1 amide bonds. The Balaban J connectivity index is 1.27. The zero-order valence-corrected chi connectivity index (χ0v) is 19.1. The molecule has 0 bridgehead atoms. The van der Waals surface area contributed by atoms with Crippen LogP contribution >= 0.6 is 0 Å². The van der Waals surface area contributed by atoms with Crippen LogP contribution in [0.25, 0.3) is 10.9 Å². The van der Waals surface area contributed by atoms with Crippen molar-refractivity contribution in [3.05, 3.63) is 56.7 Å². The molecule has 2 aromatic carbocycles. The van der Waals surface area contributed by atoms with Gasteiger partial charge in [0.15, 0.2) is 23.0 Å². The van der Waals surface area contributed by atoms with Crippen molar-refractivity contribution in [2.45, 2.75) is 38.8 Å². The molecule has 2 heterocycles. The maximum absolute atomic E-state index is 12.8. The number of carbonyl (C=O) groups is 1. The van der Waals surface area contributed by atoms with Gasteiger partial charge in [0.1, 0.15) is 0 Å². The summed E-state index contributed by atoms with van der Waals surface area (Å²) in [6.07, 6.45) is 2.31. The van der Waals surface area contributed by atoms with Crippen LogP contribution in [-0.4, -0.2) is 36.5 Å². The van der Waals surface area contributed by atoms with Gasteiger partial charge in [0.2, 0.25) is 12.7 Å². The summed E-state index contributed by atoms with van der Waals surface area (Å²) in [6, 6.07) is 8.70. The zero-order chi connectivity index (χ0) is 24.1. The highest BCUT2D eigenvalue weighted by Gasteiger charge is 2.14. The topological polar surface area (TPSA) is 121 Å². The quantitative estimate of drug-likeness (QED) is 0.437. The minimum Gasteiger partial charge on any atom is -0.493 e. The molecule has 10 heteroatoms. The third-order valence-corrected chi connectivity index (χ3v) is 5.70. The van der Waals surface area contributed by atoms with E-state index in [0.29, 0.717) is 66.1 Å². The van der Waals surface area contributed by atoms with Crippen LogP contribution in [0.2, 0.25) is 0 Å². The number of carbonyl (C=O) groups excluding carboxylic acids is 1. The first-order valence-corrected chi connectivity index (χ1v) is 11.0. The molecule has 4 rings (SSSR count). The van der Waals surface area contributed by atoms with Crippen molar-refractivity contribution < 1.29 is 23.7 Å². The van der Waals surface area contributed by atoms with E-state index in [9.17, 15) is 14.4 Å². The molecule has 0 fully saturated rings. The van der Waals surface area contributed by atoms with Gasteiger partial charge in [-0.25, -0.2) is 4.79 Å². The predicted octanol–water partition coefficient (Wildman–Crippen LogP) is 2.31. The van der Waals surface area contributed by atoms with Crippen LogP contribution in [-0.2, 0) is 17.9 Å². The van der Waals surface area contributed by atoms with Gasteiger partial charge in [-0.3, -0.25) is 14.2 Å². The van der Waals surface area contributed by atoms with Gasteiger partial charge >= 0.3 is 5.69 Å². The van der Waals surface area contributed by atoms with Crippen LogP contribution in [0.1, 0.15) is 31.2 Å². The molecule has 0 saturated carbocycles. The van der Waals surface area contributed by atoms with E-state index in [4.69, 9.17) is 18.9 Å². The number of fused-ring (bicyclic) bond motifs is 2. The van der Waals surface area contributed by atoms with Crippen molar-refractivity contribution in [1.82, 2.24) is 14.9 Å². The highest BCUT2D eigenvalue weighted by atomic mass is 16.7. The molecule has 0 radical (unpaired) electrons. The summed E-state index contributed by atoms with van der Waals surface area (Å²) in [5.74, 6) is 2.18. The first kappa shape index (κ1) is 23.2. The summed E-state index contributed by atoms with van der Waals surface area (Å²) in [5, 5.41) is 3.24. The van der Waals surface area contributed by atoms with Crippen molar-refractivity contribution >= 4 is 16.8 Å². The maximum Gasteiger partial charge on any atom is 0.328 e. The molecular formula is C24H27N3O7. The minimum absolute atomic E-state index is 0.0561. The molecule has 0 spiro atoms. The number of aromatic nitrogens is 2. The van der Waals surface area contributed by atoms with Gasteiger partial charge in [-0.05, 0) is 36.6 Å². The Morgan fingerprint density at radius 1 is 1.03 bits per heavy atom. The fourth-order valence-electron chi connectivity index (χ4n) is 3.85. The fraction of sp³-hybridized carbons (Fsp3) is 0.375. The number of nitrogens with zero attached hydrogens (tertiary/aromatic N) is 1. The lowest BCUT2D eigenvalue weighted by Crippen LogP contribution is -2.35. The minimum atomic E-state index is -0.480. The number of amides is 1. The lowest BCUT2D eigenvalue weighted by molar-refractivity contribution is -0.121. The SMILES string of the molecule is COc1cc2[nH]c(=O)n(CCCCCC(=O)NCc3ccc4c(c3)OCO4)c(=O)c2cc1OC. The van der Waals surface area contributed by atoms with Gasteiger partial charge < -0.3 is 29.2 Å². The van der Waals surface area contributed by atoms with Gasteiger partial charge in [-0.1, -0.05) is 12.5 Å². The molecule has 3 aromatic rings. The average Bonchev–Trinajstić information content (AvgIpc) is 3.31. The third-order valence-electron chi connectivity index (χ3n) is 5.70. The lowest BCUT2D eigenvalue weighted by Gasteiger charge is -2.11. The molecule has 1 aliphatic rings. The van der Waals surface area contributed by atoms with Gasteiger partial charge in [-0.15, -0.1) is 0 Å². The van der Waals surface area contributed by atoms with Gasteiger partial charge in [-0.2, -0.15) is 0 Å². The number of hydrogen-bond donors (Lipinski definition) is 2. The lowest BCUT2D eigenvalue weighted by atomic mass is 10.1. The molecule has 180 valence electrons. The Kier molecular flexibility index (Phi) is 7.05. The standard InChI is InChI=1S/C24H27N3O7/c1-31-19-11-16-17(12-20(19)32-2)26-24(30)27(23(16)29)9-5-3-4-6-22(28)25-13-15-7-8-18-21(10-15)34-14-33-18/h7-8,10-12H,3-6,9,13-14H2,1-2H3,(H,25,28)(H,26,30). The zero-order valence-electron chi connectivity index (χ0n) is 19.1. The summed E-state index contributed by atoms with van der Waals surface area (Å²) in [5.41, 5.74) is 0.456. The van der Waals surface area contributed by atoms with Crippen LogP contribution in [0.4, 0.5) is 0 Å². The van der Waals surface area contributed by atoms with Gasteiger partial charge in [0.05, 0.1) is 25.1 Å². The largest absolute Gasteiger partial charge is 0.493 e. The summed E-state index contributed by atoms with van der Waals surface area (Å²) in [4.78, 5) is 40.1. The van der Waals surface area contributed by atoms with E-state index in [1.54, 1.807) is 12.1 Å². The number of aromatic amines is 1. The molecule has 1 aromatic heterocycles. The molecule has 1 aliphatic heterocycles. The van der Waals surface area contributed by atoms with Crippen molar-refractivity contribution in [2.75, 3.05) is 21.0 Å². The van der Waals surface area contributed by atoms with Gasteiger partial charge in [0, 0.05) is 25.6 Å². The highest BCUT2D eigenvalue weighted by molar-refractivity contribution is 5.81. The van der Waals surface area contributed by atoms with E-state index < -0.39 is 5.69 Å². The summed E-state index contributed by atoms with van der Waals surface area (Å²) >= 11 is 0.